The molecular weight excluding hydrogens is 382 g/mol. The molecule has 0 saturated carbocycles. The molecule has 0 radical (unpaired) electrons. The van der Waals surface area contributed by atoms with Gasteiger partial charge in [-0.3, -0.25) is 9.59 Å². The minimum atomic E-state index is -4.34. The number of carbonyl (C=O) groups is 1. The number of phenols is 1. The molecule has 28 heavy (non-hydrogen) atoms. The van der Waals surface area contributed by atoms with Gasteiger partial charge >= 0.3 is 0 Å². The summed E-state index contributed by atoms with van der Waals surface area (Å²) in [6.07, 6.45) is 0.617. The first kappa shape index (κ1) is 19.6. The van der Waals surface area contributed by atoms with Gasteiger partial charge in [-0.25, -0.2) is 13.6 Å². The van der Waals surface area contributed by atoms with Gasteiger partial charge in [0.05, 0.1) is 11.1 Å². The molecule has 4 N–H and O–H groups in total. The van der Waals surface area contributed by atoms with Gasteiger partial charge in [0.25, 0.3) is 11.5 Å². The zero-order valence-electron chi connectivity index (χ0n) is 15.0. The number of aromatic nitrogens is 1. The smallest absolute Gasteiger partial charge is 0.276 e. The maximum atomic E-state index is 13.1. The number of aromatic hydroxyl groups is 1. The number of primary sulfonamides is 1. The SMILES string of the molecule is CCCn1c(=O)c(NC(=O)c2ccccc2O)c(S(N)(=O)=O)c2ccccc21. The second-order valence-corrected chi connectivity index (χ2v) is 7.69. The quantitative estimate of drug-likeness (QED) is 0.602. The second-order valence-electron chi connectivity index (χ2n) is 6.19. The van der Waals surface area contributed by atoms with Crippen molar-refractivity contribution in [1.29, 1.82) is 0 Å². The van der Waals surface area contributed by atoms with Crippen LogP contribution >= 0.6 is 0 Å². The topological polar surface area (TPSA) is 131 Å². The summed E-state index contributed by atoms with van der Waals surface area (Å²) in [6, 6.07) is 12.2. The van der Waals surface area contributed by atoms with Crippen molar-refractivity contribution in [3.05, 3.63) is 64.4 Å². The number of carbonyl (C=O) groups excluding carboxylic acids is 1. The van der Waals surface area contributed by atoms with E-state index in [0.29, 0.717) is 18.5 Å². The van der Waals surface area contributed by atoms with E-state index < -0.39 is 32.1 Å². The van der Waals surface area contributed by atoms with E-state index in [1.807, 2.05) is 6.92 Å². The number of para-hydroxylation sites is 2. The van der Waals surface area contributed by atoms with Crippen molar-refractivity contribution >= 4 is 32.5 Å². The van der Waals surface area contributed by atoms with Gasteiger partial charge in [-0.1, -0.05) is 37.3 Å². The zero-order valence-corrected chi connectivity index (χ0v) is 15.9. The Kier molecular flexibility index (Phi) is 5.21. The van der Waals surface area contributed by atoms with Crippen molar-refractivity contribution in [3.63, 3.8) is 0 Å². The third-order valence-corrected chi connectivity index (χ3v) is 5.24. The number of phenolic OH excluding ortho intramolecular Hbond substituents is 1. The molecule has 1 aromatic heterocycles. The van der Waals surface area contributed by atoms with Crippen LogP contribution in [0.1, 0.15) is 23.7 Å². The highest BCUT2D eigenvalue weighted by molar-refractivity contribution is 7.89. The van der Waals surface area contributed by atoms with Gasteiger partial charge in [0.2, 0.25) is 10.0 Å². The maximum Gasteiger partial charge on any atom is 0.276 e. The Morgan fingerprint density at radius 2 is 1.79 bits per heavy atom. The number of aryl methyl sites for hydroxylation is 1. The summed E-state index contributed by atoms with van der Waals surface area (Å²) < 4.78 is 26.0. The fourth-order valence-electron chi connectivity index (χ4n) is 3.08. The van der Waals surface area contributed by atoms with Crippen LogP contribution in [0.3, 0.4) is 0 Å². The van der Waals surface area contributed by atoms with E-state index in [1.54, 1.807) is 18.2 Å². The number of sulfonamides is 1. The molecule has 1 heterocycles. The molecule has 0 saturated heterocycles. The molecule has 0 spiro atoms. The summed E-state index contributed by atoms with van der Waals surface area (Å²) in [6.45, 7) is 2.19. The number of fused-ring (bicyclic) bond motifs is 1. The fourth-order valence-corrected chi connectivity index (χ4v) is 3.98. The van der Waals surface area contributed by atoms with E-state index in [2.05, 4.69) is 5.32 Å². The minimum Gasteiger partial charge on any atom is -0.507 e. The highest BCUT2D eigenvalue weighted by Crippen LogP contribution is 2.28. The number of hydrogen-bond acceptors (Lipinski definition) is 5. The Hall–Kier alpha value is -3.17. The van der Waals surface area contributed by atoms with Crippen molar-refractivity contribution < 1.29 is 18.3 Å². The molecule has 8 nitrogen and oxygen atoms in total. The molecule has 0 fully saturated rings. The molecule has 3 rings (SSSR count). The first-order valence-corrected chi connectivity index (χ1v) is 10.1. The van der Waals surface area contributed by atoms with Crippen molar-refractivity contribution in [2.75, 3.05) is 5.32 Å². The van der Waals surface area contributed by atoms with Crippen LogP contribution in [0, 0.1) is 0 Å². The molecule has 2 aromatic carbocycles. The van der Waals surface area contributed by atoms with Gasteiger partial charge in [0, 0.05) is 11.9 Å². The number of nitrogens with one attached hydrogen (secondary N) is 1. The lowest BCUT2D eigenvalue weighted by atomic mass is 10.1. The predicted octanol–water partition coefficient (Wildman–Crippen LogP) is 2.02. The van der Waals surface area contributed by atoms with Gasteiger partial charge in [-0.15, -0.1) is 0 Å². The Balaban J connectivity index is 2.32. The average Bonchev–Trinajstić information content (AvgIpc) is 2.64. The molecule has 0 aliphatic heterocycles. The Bertz CT molecular complexity index is 1230. The van der Waals surface area contributed by atoms with Crippen LogP contribution in [0.15, 0.2) is 58.2 Å². The molecular formula is C19H19N3O5S. The number of pyridine rings is 1. The minimum absolute atomic E-state index is 0.0996. The van der Waals surface area contributed by atoms with Crippen molar-refractivity contribution in [3.8, 4) is 5.75 Å². The number of benzene rings is 2. The first-order valence-electron chi connectivity index (χ1n) is 8.53. The van der Waals surface area contributed by atoms with E-state index in [1.165, 1.54) is 34.9 Å². The van der Waals surface area contributed by atoms with Crippen LogP contribution in [-0.2, 0) is 16.6 Å². The van der Waals surface area contributed by atoms with Crippen molar-refractivity contribution in [2.45, 2.75) is 24.8 Å². The highest BCUT2D eigenvalue weighted by Gasteiger charge is 2.26. The monoisotopic (exact) mass is 401 g/mol. The Morgan fingerprint density at radius 3 is 2.43 bits per heavy atom. The number of nitrogens with zero attached hydrogens (tertiary/aromatic N) is 1. The molecule has 3 aromatic rings. The largest absolute Gasteiger partial charge is 0.507 e. The van der Waals surface area contributed by atoms with Gasteiger partial charge in [-0.2, -0.15) is 0 Å². The van der Waals surface area contributed by atoms with E-state index >= 15 is 0 Å². The molecule has 1 amide bonds. The second kappa shape index (κ2) is 7.45. The fraction of sp³-hybridized carbons (Fsp3) is 0.158. The lowest BCUT2D eigenvalue weighted by Gasteiger charge is -2.17. The normalized spacial score (nSPS) is 11.5. The van der Waals surface area contributed by atoms with Crippen LogP contribution in [0.4, 0.5) is 5.69 Å². The maximum absolute atomic E-state index is 13.1. The summed E-state index contributed by atoms with van der Waals surface area (Å²) in [5.41, 5.74) is -0.826. The van der Waals surface area contributed by atoms with E-state index in [9.17, 15) is 23.1 Å². The summed E-state index contributed by atoms with van der Waals surface area (Å²) in [4.78, 5) is 25.2. The number of anilines is 1. The van der Waals surface area contributed by atoms with Crippen LogP contribution in [0.5, 0.6) is 5.75 Å². The van der Waals surface area contributed by atoms with E-state index in [-0.39, 0.29) is 16.7 Å². The summed E-state index contributed by atoms with van der Waals surface area (Å²) in [5.74, 6) is -1.12. The molecule has 0 aliphatic rings. The van der Waals surface area contributed by atoms with Crippen LogP contribution in [0.25, 0.3) is 10.9 Å². The number of amides is 1. The number of nitrogens with two attached hydrogens (primary N) is 1. The summed E-state index contributed by atoms with van der Waals surface area (Å²) >= 11 is 0. The van der Waals surface area contributed by atoms with Crippen LogP contribution in [0.2, 0.25) is 0 Å². The predicted molar refractivity (Wildman–Crippen MR) is 106 cm³/mol. The molecule has 146 valence electrons. The summed E-state index contributed by atoms with van der Waals surface area (Å²) in [5, 5.41) is 17.8. The van der Waals surface area contributed by atoms with Gasteiger partial charge in [-0.05, 0) is 24.6 Å². The molecule has 0 bridgehead atoms. The summed E-state index contributed by atoms with van der Waals surface area (Å²) in [7, 11) is -4.34. The van der Waals surface area contributed by atoms with E-state index in [4.69, 9.17) is 5.14 Å². The van der Waals surface area contributed by atoms with Gasteiger partial charge in [0.15, 0.2) is 0 Å². The number of rotatable bonds is 5. The lowest BCUT2D eigenvalue weighted by molar-refractivity contribution is 0.102. The zero-order chi connectivity index (χ0) is 20.5. The standard InChI is InChI=1S/C19H19N3O5S/c1-2-11-22-14-9-5-3-7-12(14)17(28(20,26)27)16(19(22)25)21-18(24)13-8-4-6-10-15(13)23/h3-10,23H,2,11H2,1H3,(H,21,24)(H2,20,26,27). The molecule has 0 unspecified atom stereocenters. The molecule has 0 atom stereocenters. The Labute approximate surface area is 161 Å². The average molecular weight is 401 g/mol. The van der Waals surface area contributed by atoms with Gasteiger partial charge in [0.1, 0.15) is 16.3 Å². The van der Waals surface area contributed by atoms with Crippen LogP contribution in [-0.4, -0.2) is 24.0 Å². The lowest BCUT2D eigenvalue weighted by Crippen LogP contribution is -2.30. The van der Waals surface area contributed by atoms with E-state index in [0.717, 1.165) is 0 Å². The number of hydrogen-bond donors (Lipinski definition) is 3. The molecule has 0 aliphatic carbocycles. The third kappa shape index (κ3) is 3.49. The third-order valence-electron chi connectivity index (χ3n) is 4.24. The van der Waals surface area contributed by atoms with Crippen molar-refractivity contribution in [2.24, 2.45) is 5.14 Å². The molecule has 9 heteroatoms. The Morgan fingerprint density at radius 1 is 1.14 bits per heavy atom. The van der Waals surface area contributed by atoms with Gasteiger partial charge < -0.3 is 15.0 Å². The first-order chi connectivity index (χ1) is 13.3. The highest BCUT2D eigenvalue weighted by atomic mass is 32.2. The van der Waals surface area contributed by atoms with Crippen LogP contribution < -0.4 is 16.0 Å². The van der Waals surface area contributed by atoms with Crippen molar-refractivity contribution in [1.82, 2.24) is 4.57 Å².